The monoisotopic (exact) mass is 321 g/mol. The Bertz CT molecular complexity index is 564. The minimum absolute atomic E-state index is 0.0854. The molecule has 0 bridgehead atoms. The van der Waals surface area contributed by atoms with Gasteiger partial charge in [0.25, 0.3) is 5.91 Å². The summed E-state index contributed by atoms with van der Waals surface area (Å²) in [6.45, 7) is 5.22. The average Bonchev–Trinajstić information content (AvgIpc) is 2.92. The van der Waals surface area contributed by atoms with Gasteiger partial charge < -0.3 is 19.5 Å². The molecule has 128 valence electrons. The number of phenolic OH excluding ortho intramolecular Hbond substituents is 1. The molecular formula is C18H27NO4. The van der Waals surface area contributed by atoms with Gasteiger partial charge in [-0.1, -0.05) is 13.3 Å². The van der Waals surface area contributed by atoms with Gasteiger partial charge in [-0.25, -0.2) is 0 Å². The number of hydrogen-bond acceptors (Lipinski definition) is 4. The standard InChI is InChI=1S/C18H27NO4/c1-5-7-18(12-22-3)8-6-9-19(18)17(21)14-10-13(2)11-15(23-4)16(14)20/h10-11,20H,5-9,12H2,1-4H3. The summed E-state index contributed by atoms with van der Waals surface area (Å²) in [5, 5.41) is 10.4. The summed E-state index contributed by atoms with van der Waals surface area (Å²) in [5.41, 5.74) is 0.916. The van der Waals surface area contributed by atoms with Crippen LogP contribution in [0.4, 0.5) is 0 Å². The van der Waals surface area contributed by atoms with Crippen LogP contribution in [-0.2, 0) is 4.74 Å². The first-order valence-corrected chi connectivity index (χ1v) is 8.17. The van der Waals surface area contributed by atoms with Crippen LogP contribution in [0.1, 0.15) is 48.5 Å². The topological polar surface area (TPSA) is 59.0 Å². The molecule has 0 aliphatic carbocycles. The van der Waals surface area contributed by atoms with Crippen LogP contribution in [0, 0.1) is 6.92 Å². The Morgan fingerprint density at radius 1 is 1.39 bits per heavy atom. The number of hydrogen-bond donors (Lipinski definition) is 1. The van der Waals surface area contributed by atoms with E-state index in [-0.39, 0.29) is 17.2 Å². The van der Waals surface area contributed by atoms with E-state index in [1.165, 1.54) is 7.11 Å². The molecule has 1 fully saturated rings. The SMILES string of the molecule is CCCC1(COC)CCCN1C(=O)c1cc(C)cc(OC)c1O. The lowest BCUT2D eigenvalue weighted by atomic mass is 9.90. The third-order valence-electron chi connectivity index (χ3n) is 4.64. The maximum Gasteiger partial charge on any atom is 0.258 e. The second-order valence-corrected chi connectivity index (χ2v) is 6.33. The van der Waals surface area contributed by atoms with Crippen molar-refractivity contribution in [3.63, 3.8) is 0 Å². The number of carbonyl (C=O) groups is 1. The van der Waals surface area contributed by atoms with E-state index in [0.29, 0.717) is 24.5 Å². The first-order valence-electron chi connectivity index (χ1n) is 8.17. The minimum Gasteiger partial charge on any atom is -0.504 e. The molecule has 0 aromatic heterocycles. The van der Waals surface area contributed by atoms with E-state index in [4.69, 9.17) is 9.47 Å². The smallest absolute Gasteiger partial charge is 0.258 e. The zero-order valence-corrected chi connectivity index (χ0v) is 14.5. The van der Waals surface area contributed by atoms with Crippen LogP contribution >= 0.6 is 0 Å². The van der Waals surface area contributed by atoms with Crippen LogP contribution in [0.3, 0.4) is 0 Å². The van der Waals surface area contributed by atoms with Crippen molar-refractivity contribution in [2.75, 3.05) is 27.4 Å². The number of likely N-dealkylation sites (tertiary alicyclic amines) is 1. The number of rotatable bonds is 6. The zero-order chi connectivity index (χ0) is 17.0. The number of methoxy groups -OCH3 is 2. The molecule has 0 saturated carbocycles. The second-order valence-electron chi connectivity index (χ2n) is 6.33. The summed E-state index contributed by atoms with van der Waals surface area (Å²) in [6, 6.07) is 3.45. The number of carbonyl (C=O) groups excluding carboxylic acids is 1. The van der Waals surface area contributed by atoms with E-state index in [9.17, 15) is 9.90 Å². The number of ether oxygens (including phenoxy) is 2. The van der Waals surface area contributed by atoms with E-state index in [0.717, 1.165) is 31.2 Å². The van der Waals surface area contributed by atoms with Crippen LogP contribution in [-0.4, -0.2) is 48.8 Å². The van der Waals surface area contributed by atoms with Crippen molar-refractivity contribution in [2.45, 2.75) is 45.1 Å². The molecule has 2 rings (SSSR count). The number of amides is 1. The van der Waals surface area contributed by atoms with Crippen molar-refractivity contribution in [1.82, 2.24) is 4.90 Å². The first kappa shape index (κ1) is 17.6. The Balaban J connectivity index is 2.41. The Kier molecular flexibility index (Phi) is 5.52. The molecule has 0 radical (unpaired) electrons. The molecule has 1 aliphatic heterocycles. The fraction of sp³-hybridized carbons (Fsp3) is 0.611. The van der Waals surface area contributed by atoms with Crippen molar-refractivity contribution < 1.29 is 19.4 Å². The number of aromatic hydroxyl groups is 1. The van der Waals surface area contributed by atoms with E-state index >= 15 is 0 Å². The second kappa shape index (κ2) is 7.21. The van der Waals surface area contributed by atoms with Gasteiger partial charge in [0, 0.05) is 13.7 Å². The molecule has 0 spiro atoms. The highest BCUT2D eigenvalue weighted by atomic mass is 16.5. The lowest BCUT2D eigenvalue weighted by Gasteiger charge is -2.38. The van der Waals surface area contributed by atoms with Gasteiger partial charge in [0.15, 0.2) is 11.5 Å². The molecule has 1 saturated heterocycles. The number of aryl methyl sites for hydroxylation is 1. The van der Waals surface area contributed by atoms with Crippen LogP contribution in [0.25, 0.3) is 0 Å². The molecule has 5 nitrogen and oxygen atoms in total. The lowest BCUT2D eigenvalue weighted by Crippen LogP contribution is -2.50. The number of nitrogens with zero attached hydrogens (tertiary/aromatic N) is 1. The summed E-state index contributed by atoms with van der Waals surface area (Å²) >= 11 is 0. The van der Waals surface area contributed by atoms with Crippen molar-refractivity contribution >= 4 is 5.91 Å². The molecule has 5 heteroatoms. The van der Waals surface area contributed by atoms with Gasteiger partial charge in [0.2, 0.25) is 0 Å². The lowest BCUT2D eigenvalue weighted by molar-refractivity contribution is 0.0252. The largest absolute Gasteiger partial charge is 0.504 e. The van der Waals surface area contributed by atoms with Crippen molar-refractivity contribution in [3.8, 4) is 11.5 Å². The molecule has 1 heterocycles. The maximum absolute atomic E-state index is 13.1. The van der Waals surface area contributed by atoms with Gasteiger partial charge in [-0.05, 0) is 43.9 Å². The van der Waals surface area contributed by atoms with Crippen LogP contribution in [0.15, 0.2) is 12.1 Å². The molecule has 1 N–H and O–H groups in total. The molecule has 1 amide bonds. The third kappa shape index (κ3) is 3.29. The van der Waals surface area contributed by atoms with E-state index in [1.54, 1.807) is 19.2 Å². The van der Waals surface area contributed by atoms with Gasteiger partial charge in [0.05, 0.1) is 24.8 Å². The summed E-state index contributed by atoms with van der Waals surface area (Å²) in [7, 11) is 3.16. The number of benzene rings is 1. The third-order valence-corrected chi connectivity index (χ3v) is 4.64. The van der Waals surface area contributed by atoms with Crippen LogP contribution in [0.2, 0.25) is 0 Å². The highest BCUT2D eigenvalue weighted by molar-refractivity contribution is 5.98. The molecule has 1 unspecified atom stereocenters. The fourth-order valence-corrected chi connectivity index (χ4v) is 3.68. The van der Waals surface area contributed by atoms with Crippen LogP contribution < -0.4 is 4.74 Å². The van der Waals surface area contributed by atoms with E-state index in [1.807, 2.05) is 11.8 Å². The van der Waals surface area contributed by atoms with Gasteiger partial charge in [-0.2, -0.15) is 0 Å². The predicted molar refractivity (Wildman–Crippen MR) is 89.2 cm³/mol. The molecule has 1 aromatic rings. The summed E-state index contributed by atoms with van der Waals surface area (Å²) in [5.74, 6) is 0.102. The first-order chi connectivity index (χ1) is 11.0. The molecule has 23 heavy (non-hydrogen) atoms. The Labute approximate surface area is 138 Å². The highest BCUT2D eigenvalue weighted by Gasteiger charge is 2.43. The summed E-state index contributed by atoms with van der Waals surface area (Å²) in [6.07, 6.45) is 3.77. The highest BCUT2D eigenvalue weighted by Crippen LogP contribution is 2.38. The average molecular weight is 321 g/mol. The van der Waals surface area contributed by atoms with E-state index < -0.39 is 0 Å². The van der Waals surface area contributed by atoms with E-state index in [2.05, 4.69) is 6.92 Å². The fourth-order valence-electron chi connectivity index (χ4n) is 3.68. The maximum atomic E-state index is 13.1. The molecule has 1 atom stereocenters. The number of phenols is 1. The van der Waals surface area contributed by atoms with Crippen molar-refractivity contribution in [3.05, 3.63) is 23.3 Å². The molecule has 1 aliphatic rings. The summed E-state index contributed by atoms with van der Waals surface area (Å²) in [4.78, 5) is 15.0. The van der Waals surface area contributed by atoms with Crippen molar-refractivity contribution in [2.24, 2.45) is 0 Å². The zero-order valence-electron chi connectivity index (χ0n) is 14.5. The normalized spacial score (nSPS) is 20.8. The van der Waals surface area contributed by atoms with Gasteiger partial charge in [-0.15, -0.1) is 0 Å². The van der Waals surface area contributed by atoms with Crippen molar-refractivity contribution in [1.29, 1.82) is 0 Å². The minimum atomic E-state index is -0.274. The molecule has 1 aromatic carbocycles. The molecular weight excluding hydrogens is 294 g/mol. The Morgan fingerprint density at radius 3 is 2.74 bits per heavy atom. The van der Waals surface area contributed by atoms with Gasteiger partial charge in [-0.3, -0.25) is 4.79 Å². The Morgan fingerprint density at radius 2 is 2.13 bits per heavy atom. The summed E-state index contributed by atoms with van der Waals surface area (Å²) < 4.78 is 10.6. The van der Waals surface area contributed by atoms with Gasteiger partial charge in [0.1, 0.15) is 0 Å². The van der Waals surface area contributed by atoms with Crippen LogP contribution in [0.5, 0.6) is 11.5 Å². The predicted octanol–water partition coefficient (Wildman–Crippen LogP) is 3.13. The Hall–Kier alpha value is -1.75. The quantitative estimate of drug-likeness (QED) is 0.874. The van der Waals surface area contributed by atoms with Gasteiger partial charge >= 0.3 is 0 Å².